The van der Waals surface area contributed by atoms with Crippen LogP contribution >= 0.6 is 0 Å². The average molecular weight is 203 g/mol. The molecule has 0 aromatic carbocycles. The van der Waals surface area contributed by atoms with E-state index in [1.54, 1.807) is 19.6 Å². The maximum Gasteiger partial charge on any atom is 0.107 e. The highest BCUT2D eigenvalue weighted by molar-refractivity contribution is 5.52. The first-order valence-electron chi connectivity index (χ1n) is 4.82. The van der Waals surface area contributed by atoms with Crippen molar-refractivity contribution in [3.8, 4) is 11.4 Å². The van der Waals surface area contributed by atoms with Crippen molar-refractivity contribution < 1.29 is 4.74 Å². The Morgan fingerprint density at radius 2 is 2.20 bits per heavy atom. The van der Waals surface area contributed by atoms with E-state index in [4.69, 9.17) is 4.74 Å². The summed E-state index contributed by atoms with van der Waals surface area (Å²) in [6.07, 6.45) is 5.54. The van der Waals surface area contributed by atoms with E-state index in [0.717, 1.165) is 17.9 Å². The van der Waals surface area contributed by atoms with Crippen molar-refractivity contribution in [2.45, 2.75) is 6.54 Å². The maximum atomic E-state index is 5.00. The lowest BCUT2D eigenvalue weighted by atomic mass is 10.3. The Hall–Kier alpha value is -1.68. The highest BCUT2D eigenvalue weighted by Crippen LogP contribution is 2.12. The van der Waals surface area contributed by atoms with Gasteiger partial charge < -0.3 is 9.30 Å². The zero-order valence-corrected chi connectivity index (χ0v) is 8.63. The molecule has 0 saturated carbocycles. The minimum absolute atomic E-state index is 0.692. The normalized spacial score (nSPS) is 10.5. The second-order valence-electron chi connectivity index (χ2n) is 3.20. The fourth-order valence-electron chi connectivity index (χ4n) is 1.33. The summed E-state index contributed by atoms with van der Waals surface area (Å²) in [5.41, 5.74) is 1.79. The molecule has 0 amide bonds. The van der Waals surface area contributed by atoms with Crippen LogP contribution in [0.15, 0.2) is 36.9 Å². The van der Waals surface area contributed by atoms with E-state index >= 15 is 0 Å². The van der Waals surface area contributed by atoms with Crippen LogP contribution in [0.4, 0.5) is 0 Å². The van der Waals surface area contributed by atoms with Gasteiger partial charge in [0, 0.05) is 26.0 Å². The first kappa shape index (κ1) is 9.86. The van der Waals surface area contributed by atoms with Crippen molar-refractivity contribution in [3.63, 3.8) is 0 Å². The first-order chi connectivity index (χ1) is 7.40. The van der Waals surface area contributed by atoms with Crippen molar-refractivity contribution in [2.75, 3.05) is 13.7 Å². The molecule has 4 heteroatoms. The van der Waals surface area contributed by atoms with E-state index in [2.05, 4.69) is 9.97 Å². The summed E-state index contributed by atoms with van der Waals surface area (Å²) in [6, 6.07) is 5.80. The number of methoxy groups -OCH3 is 1. The third kappa shape index (κ3) is 2.41. The van der Waals surface area contributed by atoms with Crippen LogP contribution in [0.1, 0.15) is 0 Å². The number of nitrogens with zero attached hydrogens (tertiary/aromatic N) is 3. The SMILES string of the molecule is COCCn1cnc(-c2ccccn2)c1. The molecule has 0 atom stereocenters. The number of hydrogen-bond donors (Lipinski definition) is 0. The van der Waals surface area contributed by atoms with Gasteiger partial charge in [0.2, 0.25) is 0 Å². The molecule has 0 spiro atoms. The number of aromatic nitrogens is 3. The van der Waals surface area contributed by atoms with Gasteiger partial charge in [0.05, 0.1) is 18.6 Å². The van der Waals surface area contributed by atoms with Gasteiger partial charge in [0.25, 0.3) is 0 Å². The highest BCUT2D eigenvalue weighted by Gasteiger charge is 2.01. The molecule has 78 valence electrons. The molecule has 2 aromatic heterocycles. The smallest absolute Gasteiger partial charge is 0.107 e. The van der Waals surface area contributed by atoms with Crippen molar-refractivity contribution in [2.24, 2.45) is 0 Å². The van der Waals surface area contributed by atoms with Gasteiger partial charge in [-0.3, -0.25) is 4.98 Å². The standard InChI is InChI=1S/C11H13N3O/c1-15-7-6-14-8-11(13-9-14)10-4-2-3-5-12-10/h2-5,8-9H,6-7H2,1H3. The van der Waals surface area contributed by atoms with E-state index in [1.807, 2.05) is 29.0 Å². The third-order valence-electron chi connectivity index (χ3n) is 2.11. The van der Waals surface area contributed by atoms with Crippen molar-refractivity contribution in [3.05, 3.63) is 36.9 Å². The number of imidazole rings is 1. The lowest BCUT2D eigenvalue weighted by Gasteiger charge is -1.98. The van der Waals surface area contributed by atoms with Crippen LogP contribution < -0.4 is 0 Å². The van der Waals surface area contributed by atoms with E-state index in [0.29, 0.717) is 6.61 Å². The molecule has 0 fully saturated rings. The second kappa shape index (κ2) is 4.70. The molecule has 0 N–H and O–H groups in total. The van der Waals surface area contributed by atoms with E-state index in [-0.39, 0.29) is 0 Å². The van der Waals surface area contributed by atoms with Gasteiger partial charge in [0.1, 0.15) is 5.69 Å². The van der Waals surface area contributed by atoms with Gasteiger partial charge in [0.15, 0.2) is 0 Å². The summed E-state index contributed by atoms with van der Waals surface area (Å²) >= 11 is 0. The van der Waals surface area contributed by atoms with Crippen LogP contribution in [0.25, 0.3) is 11.4 Å². The van der Waals surface area contributed by atoms with Gasteiger partial charge in [-0.2, -0.15) is 0 Å². The minimum Gasteiger partial charge on any atom is -0.383 e. The number of rotatable bonds is 4. The molecule has 0 bridgehead atoms. The Kier molecular flexibility index (Phi) is 3.09. The highest BCUT2D eigenvalue weighted by atomic mass is 16.5. The van der Waals surface area contributed by atoms with Gasteiger partial charge in [-0.05, 0) is 12.1 Å². The Morgan fingerprint density at radius 3 is 2.93 bits per heavy atom. The summed E-state index contributed by atoms with van der Waals surface area (Å²) in [5, 5.41) is 0. The number of hydrogen-bond acceptors (Lipinski definition) is 3. The predicted octanol–water partition coefficient (Wildman–Crippen LogP) is 1.59. The Labute approximate surface area is 88.6 Å². The van der Waals surface area contributed by atoms with E-state index in [9.17, 15) is 0 Å². The van der Waals surface area contributed by atoms with Gasteiger partial charge >= 0.3 is 0 Å². The molecule has 0 aliphatic heterocycles. The molecular weight excluding hydrogens is 190 g/mol. The molecule has 2 heterocycles. The van der Waals surface area contributed by atoms with Crippen LogP contribution in [-0.4, -0.2) is 28.3 Å². The molecule has 2 rings (SSSR count). The molecular formula is C11H13N3O. The van der Waals surface area contributed by atoms with Crippen LogP contribution in [0.3, 0.4) is 0 Å². The Bertz CT molecular complexity index is 411. The zero-order valence-electron chi connectivity index (χ0n) is 8.63. The quantitative estimate of drug-likeness (QED) is 0.757. The van der Waals surface area contributed by atoms with Crippen LogP contribution in [0, 0.1) is 0 Å². The largest absolute Gasteiger partial charge is 0.383 e. The van der Waals surface area contributed by atoms with Gasteiger partial charge in [-0.1, -0.05) is 6.07 Å². The summed E-state index contributed by atoms with van der Waals surface area (Å²) in [5.74, 6) is 0. The average Bonchev–Trinajstić information content (AvgIpc) is 2.76. The third-order valence-corrected chi connectivity index (χ3v) is 2.11. The Morgan fingerprint density at radius 1 is 1.27 bits per heavy atom. The minimum atomic E-state index is 0.692. The molecule has 0 saturated heterocycles. The van der Waals surface area contributed by atoms with Crippen LogP contribution in [0.5, 0.6) is 0 Å². The maximum absolute atomic E-state index is 5.00. The van der Waals surface area contributed by atoms with Crippen molar-refractivity contribution in [1.82, 2.24) is 14.5 Å². The molecule has 0 unspecified atom stereocenters. The van der Waals surface area contributed by atoms with Crippen molar-refractivity contribution in [1.29, 1.82) is 0 Å². The second-order valence-corrected chi connectivity index (χ2v) is 3.20. The fraction of sp³-hybridized carbons (Fsp3) is 0.273. The monoisotopic (exact) mass is 203 g/mol. The summed E-state index contributed by atoms with van der Waals surface area (Å²) in [4.78, 5) is 8.52. The van der Waals surface area contributed by atoms with Gasteiger partial charge in [-0.25, -0.2) is 4.98 Å². The topological polar surface area (TPSA) is 39.9 Å². The van der Waals surface area contributed by atoms with Crippen LogP contribution in [0.2, 0.25) is 0 Å². The lowest BCUT2D eigenvalue weighted by molar-refractivity contribution is 0.187. The van der Waals surface area contributed by atoms with E-state index in [1.165, 1.54) is 0 Å². The number of ether oxygens (including phenoxy) is 1. The Balaban J connectivity index is 2.14. The van der Waals surface area contributed by atoms with Crippen LogP contribution in [-0.2, 0) is 11.3 Å². The molecule has 0 aliphatic carbocycles. The predicted molar refractivity (Wildman–Crippen MR) is 57.3 cm³/mol. The van der Waals surface area contributed by atoms with Gasteiger partial charge in [-0.15, -0.1) is 0 Å². The zero-order chi connectivity index (χ0) is 10.5. The van der Waals surface area contributed by atoms with E-state index < -0.39 is 0 Å². The number of pyridine rings is 1. The fourth-order valence-corrected chi connectivity index (χ4v) is 1.33. The molecule has 2 aromatic rings. The summed E-state index contributed by atoms with van der Waals surface area (Å²) in [6.45, 7) is 1.51. The molecule has 15 heavy (non-hydrogen) atoms. The van der Waals surface area contributed by atoms with Crippen molar-refractivity contribution >= 4 is 0 Å². The first-order valence-corrected chi connectivity index (χ1v) is 4.82. The summed E-state index contributed by atoms with van der Waals surface area (Å²) in [7, 11) is 1.69. The summed E-state index contributed by atoms with van der Waals surface area (Å²) < 4.78 is 6.99. The lowest BCUT2D eigenvalue weighted by Crippen LogP contribution is -2.00. The molecule has 0 aliphatic rings. The molecule has 0 radical (unpaired) electrons. The molecule has 4 nitrogen and oxygen atoms in total.